The van der Waals surface area contributed by atoms with Crippen molar-refractivity contribution in [2.24, 2.45) is 0 Å². The van der Waals surface area contributed by atoms with Gasteiger partial charge in [-0.3, -0.25) is 0 Å². The summed E-state index contributed by atoms with van der Waals surface area (Å²) in [6, 6.07) is 26.3. The molecule has 0 aliphatic carbocycles. The number of thiazole rings is 1. The summed E-state index contributed by atoms with van der Waals surface area (Å²) in [5.41, 5.74) is 4.51. The van der Waals surface area contributed by atoms with Gasteiger partial charge in [0.15, 0.2) is 0 Å². The smallest absolute Gasteiger partial charge is 0.135 e. The van der Waals surface area contributed by atoms with Gasteiger partial charge in [0.1, 0.15) is 23.4 Å². The van der Waals surface area contributed by atoms with Crippen LogP contribution in [0.2, 0.25) is 0 Å². The first kappa shape index (κ1) is 18.2. The van der Waals surface area contributed by atoms with Gasteiger partial charge in [-0.15, -0.1) is 11.3 Å². The van der Waals surface area contributed by atoms with Crippen LogP contribution in [0.15, 0.2) is 79.0 Å². The molecule has 0 aliphatic heterocycles. The number of hydrogen-bond acceptors (Lipinski definition) is 4. The first-order valence-corrected chi connectivity index (χ1v) is 10.4. The Morgan fingerprint density at radius 2 is 1.90 bits per heavy atom. The second-order valence-electron chi connectivity index (χ2n) is 6.88. The number of rotatable bonds is 5. The van der Waals surface area contributed by atoms with Crippen molar-refractivity contribution >= 4 is 44.1 Å². The lowest BCUT2D eigenvalue weighted by atomic mass is 10.1. The van der Waals surface area contributed by atoms with Gasteiger partial charge < -0.3 is 9.72 Å². The molecule has 5 heteroatoms. The van der Waals surface area contributed by atoms with Gasteiger partial charge in [0, 0.05) is 22.7 Å². The van der Waals surface area contributed by atoms with Crippen molar-refractivity contribution in [3.8, 4) is 11.8 Å². The van der Waals surface area contributed by atoms with E-state index in [-0.39, 0.29) is 0 Å². The van der Waals surface area contributed by atoms with Crippen LogP contribution in [0.25, 0.3) is 32.8 Å². The molecular weight excluding hydrogens is 390 g/mol. The summed E-state index contributed by atoms with van der Waals surface area (Å²) in [5.74, 6) is 0.791. The SMILES string of the molecule is N#C/C(=C\c1c[nH]c2ccc(OCc3ccccc3)cc12)c1nc2ccccc2s1. The lowest BCUT2D eigenvalue weighted by molar-refractivity contribution is 0.306. The van der Waals surface area contributed by atoms with Crippen molar-refractivity contribution in [2.75, 3.05) is 0 Å². The third kappa shape index (κ3) is 3.57. The Morgan fingerprint density at radius 3 is 2.73 bits per heavy atom. The van der Waals surface area contributed by atoms with Crippen molar-refractivity contribution < 1.29 is 4.74 Å². The van der Waals surface area contributed by atoms with Gasteiger partial charge >= 0.3 is 0 Å². The van der Waals surface area contributed by atoms with E-state index in [1.165, 1.54) is 11.3 Å². The quantitative estimate of drug-likeness (QED) is 0.342. The number of benzene rings is 3. The molecule has 0 bridgehead atoms. The van der Waals surface area contributed by atoms with Crippen molar-refractivity contribution in [1.29, 1.82) is 5.26 Å². The van der Waals surface area contributed by atoms with Gasteiger partial charge in [0.2, 0.25) is 0 Å². The highest BCUT2D eigenvalue weighted by Gasteiger charge is 2.11. The fraction of sp³-hybridized carbons (Fsp3) is 0.0400. The first-order chi connectivity index (χ1) is 14.8. The first-order valence-electron chi connectivity index (χ1n) is 9.56. The number of para-hydroxylation sites is 1. The number of H-pyrrole nitrogens is 1. The van der Waals surface area contributed by atoms with E-state index >= 15 is 0 Å². The van der Waals surface area contributed by atoms with Crippen LogP contribution in [0, 0.1) is 11.3 Å². The van der Waals surface area contributed by atoms with Crippen LogP contribution in [-0.2, 0) is 6.61 Å². The highest BCUT2D eigenvalue weighted by molar-refractivity contribution is 7.19. The van der Waals surface area contributed by atoms with Crippen molar-refractivity contribution in [1.82, 2.24) is 9.97 Å². The fourth-order valence-electron chi connectivity index (χ4n) is 3.36. The van der Waals surface area contributed by atoms with Crippen molar-refractivity contribution in [3.63, 3.8) is 0 Å². The van der Waals surface area contributed by atoms with E-state index in [0.717, 1.165) is 43.0 Å². The molecule has 144 valence electrons. The second-order valence-corrected chi connectivity index (χ2v) is 7.91. The number of aromatic nitrogens is 2. The van der Waals surface area contributed by atoms with E-state index in [0.29, 0.717) is 12.2 Å². The minimum Gasteiger partial charge on any atom is -0.489 e. The molecule has 0 amide bonds. The molecule has 0 aliphatic rings. The monoisotopic (exact) mass is 407 g/mol. The molecule has 0 saturated carbocycles. The number of allylic oxidation sites excluding steroid dienone is 1. The number of ether oxygens (including phenoxy) is 1. The average molecular weight is 407 g/mol. The highest BCUT2D eigenvalue weighted by atomic mass is 32.1. The van der Waals surface area contributed by atoms with E-state index in [2.05, 4.69) is 16.0 Å². The summed E-state index contributed by atoms with van der Waals surface area (Å²) in [5, 5.41) is 11.5. The number of hydrogen-bond donors (Lipinski definition) is 1. The lowest BCUT2D eigenvalue weighted by Gasteiger charge is -2.06. The molecule has 30 heavy (non-hydrogen) atoms. The lowest BCUT2D eigenvalue weighted by Crippen LogP contribution is -1.94. The molecule has 0 saturated heterocycles. The van der Waals surface area contributed by atoms with Crippen LogP contribution in [-0.4, -0.2) is 9.97 Å². The highest BCUT2D eigenvalue weighted by Crippen LogP contribution is 2.31. The predicted octanol–water partition coefficient (Wildman–Crippen LogP) is 6.42. The number of nitrogens with zero attached hydrogens (tertiary/aromatic N) is 2. The van der Waals surface area contributed by atoms with Crippen LogP contribution >= 0.6 is 11.3 Å². The summed E-state index contributed by atoms with van der Waals surface area (Å²) in [7, 11) is 0. The number of fused-ring (bicyclic) bond motifs is 2. The molecule has 0 spiro atoms. The molecule has 5 aromatic rings. The molecule has 0 radical (unpaired) electrons. The van der Waals surface area contributed by atoms with E-state index in [9.17, 15) is 5.26 Å². The largest absolute Gasteiger partial charge is 0.489 e. The van der Waals surface area contributed by atoms with Crippen molar-refractivity contribution in [3.05, 3.63) is 95.1 Å². The van der Waals surface area contributed by atoms with E-state index in [4.69, 9.17) is 4.74 Å². The zero-order valence-electron chi connectivity index (χ0n) is 16.0. The van der Waals surface area contributed by atoms with Gasteiger partial charge in [-0.25, -0.2) is 4.98 Å². The van der Waals surface area contributed by atoms with Crippen LogP contribution in [0.1, 0.15) is 16.1 Å². The van der Waals surface area contributed by atoms with Crippen molar-refractivity contribution in [2.45, 2.75) is 6.61 Å². The molecular formula is C25H17N3OS. The third-order valence-corrected chi connectivity index (χ3v) is 5.95. The van der Waals surface area contributed by atoms with Crippen LogP contribution in [0.5, 0.6) is 5.75 Å². The maximum Gasteiger partial charge on any atom is 0.135 e. The topological polar surface area (TPSA) is 61.7 Å². The van der Waals surface area contributed by atoms with Gasteiger partial charge in [-0.05, 0) is 42.0 Å². The number of nitrogens with one attached hydrogen (secondary N) is 1. The summed E-state index contributed by atoms with van der Waals surface area (Å²) >= 11 is 1.53. The Balaban J connectivity index is 1.47. The molecule has 2 heterocycles. The Morgan fingerprint density at radius 1 is 1.07 bits per heavy atom. The Kier molecular flexibility index (Phi) is 4.76. The summed E-state index contributed by atoms with van der Waals surface area (Å²) in [4.78, 5) is 7.89. The average Bonchev–Trinajstić information content (AvgIpc) is 3.40. The number of aromatic amines is 1. The minimum atomic E-state index is 0.511. The van der Waals surface area contributed by atoms with E-state index < -0.39 is 0 Å². The molecule has 5 rings (SSSR count). The zero-order valence-corrected chi connectivity index (χ0v) is 16.8. The molecule has 0 unspecified atom stereocenters. The normalized spacial score (nSPS) is 11.6. The maximum absolute atomic E-state index is 9.75. The standard InChI is InChI=1S/C25H17N3OS/c26-14-18(25-28-23-8-4-5-9-24(23)30-25)12-19-15-27-22-11-10-20(13-21(19)22)29-16-17-6-2-1-3-7-17/h1-13,15,27H,16H2/b18-12+. The summed E-state index contributed by atoms with van der Waals surface area (Å²) in [6.45, 7) is 0.511. The molecule has 2 aromatic heterocycles. The number of nitriles is 1. The van der Waals surface area contributed by atoms with E-state index in [1.54, 1.807) is 0 Å². The van der Waals surface area contributed by atoms with Crippen LogP contribution in [0.3, 0.4) is 0 Å². The Hall–Kier alpha value is -3.88. The van der Waals surface area contributed by atoms with Gasteiger partial charge in [-0.1, -0.05) is 42.5 Å². The molecule has 4 nitrogen and oxygen atoms in total. The summed E-state index contributed by atoms with van der Waals surface area (Å²) in [6.07, 6.45) is 3.80. The minimum absolute atomic E-state index is 0.511. The van der Waals surface area contributed by atoms with Gasteiger partial charge in [0.05, 0.1) is 15.8 Å². The van der Waals surface area contributed by atoms with Crippen LogP contribution < -0.4 is 4.74 Å². The van der Waals surface area contributed by atoms with E-state index in [1.807, 2.05) is 85.1 Å². The maximum atomic E-state index is 9.75. The molecule has 0 fully saturated rings. The molecule has 1 N–H and O–H groups in total. The van der Waals surface area contributed by atoms with Gasteiger partial charge in [0.25, 0.3) is 0 Å². The second kappa shape index (κ2) is 7.86. The van der Waals surface area contributed by atoms with Crippen LogP contribution in [0.4, 0.5) is 0 Å². The predicted molar refractivity (Wildman–Crippen MR) is 122 cm³/mol. The Bertz CT molecular complexity index is 1370. The molecule has 3 aromatic carbocycles. The third-order valence-electron chi connectivity index (χ3n) is 4.88. The summed E-state index contributed by atoms with van der Waals surface area (Å²) < 4.78 is 7.04. The Labute approximate surface area is 177 Å². The fourth-order valence-corrected chi connectivity index (χ4v) is 4.29. The van der Waals surface area contributed by atoms with Gasteiger partial charge in [-0.2, -0.15) is 5.26 Å². The zero-order chi connectivity index (χ0) is 20.3. The molecule has 0 atom stereocenters.